The van der Waals surface area contributed by atoms with Crippen molar-refractivity contribution in [2.45, 2.75) is 0 Å². The van der Waals surface area contributed by atoms with E-state index < -0.39 is 11.8 Å². The summed E-state index contributed by atoms with van der Waals surface area (Å²) < 4.78 is 15.3. The van der Waals surface area contributed by atoms with Crippen LogP contribution in [0.25, 0.3) is 16.9 Å². The van der Waals surface area contributed by atoms with E-state index in [1.54, 1.807) is 24.3 Å². The number of hydrogen-bond donors (Lipinski definition) is 1. The number of hydrogen-bond acceptors (Lipinski definition) is 2. The maximum Gasteiger partial charge on any atom is 0.339 e. The van der Waals surface area contributed by atoms with Crippen LogP contribution in [0.4, 0.5) is 4.39 Å². The van der Waals surface area contributed by atoms with Crippen molar-refractivity contribution in [3.05, 3.63) is 72.2 Å². The molecular weight excluding hydrogens is 271 g/mol. The molecule has 1 heterocycles. The van der Waals surface area contributed by atoms with Gasteiger partial charge in [-0.05, 0) is 24.3 Å². The van der Waals surface area contributed by atoms with Crippen molar-refractivity contribution in [2.75, 3.05) is 0 Å². The zero-order chi connectivity index (χ0) is 14.8. The van der Waals surface area contributed by atoms with Crippen LogP contribution in [0.2, 0.25) is 0 Å². The predicted octanol–water partition coefficient (Wildman–Crippen LogP) is 3.38. The van der Waals surface area contributed by atoms with Gasteiger partial charge in [-0.15, -0.1) is 0 Å². The molecule has 0 aliphatic heterocycles. The molecule has 104 valence electrons. The van der Waals surface area contributed by atoms with Gasteiger partial charge in [-0.3, -0.25) is 0 Å². The summed E-state index contributed by atoms with van der Waals surface area (Å²) in [6.07, 6.45) is 1.39. The Kier molecular flexibility index (Phi) is 3.23. The lowest BCUT2D eigenvalue weighted by Crippen LogP contribution is -1.97. The quantitative estimate of drug-likeness (QED) is 0.801. The van der Waals surface area contributed by atoms with E-state index in [2.05, 4.69) is 5.10 Å². The van der Waals surface area contributed by atoms with Crippen LogP contribution in [-0.2, 0) is 0 Å². The van der Waals surface area contributed by atoms with Crippen LogP contribution in [0.5, 0.6) is 0 Å². The zero-order valence-corrected chi connectivity index (χ0v) is 10.9. The summed E-state index contributed by atoms with van der Waals surface area (Å²) in [5.74, 6) is -1.64. The van der Waals surface area contributed by atoms with E-state index in [0.29, 0.717) is 5.69 Å². The minimum Gasteiger partial charge on any atom is -0.478 e. The van der Waals surface area contributed by atoms with Gasteiger partial charge in [-0.25, -0.2) is 13.9 Å². The Bertz CT molecular complexity index is 797. The summed E-state index contributed by atoms with van der Waals surface area (Å²) in [7, 11) is 0. The molecule has 0 saturated heterocycles. The Labute approximate surface area is 120 Å². The summed E-state index contributed by atoms with van der Waals surface area (Å²) in [5, 5.41) is 13.5. The first kappa shape index (κ1) is 13.1. The van der Waals surface area contributed by atoms with Gasteiger partial charge in [0.05, 0.1) is 5.69 Å². The monoisotopic (exact) mass is 282 g/mol. The highest BCUT2D eigenvalue weighted by Gasteiger charge is 2.19. The normalized spacial score (nSPS) is 10.5. The molecule has 0 spiro atoms. The van der Waals surface area contributed by atoms with Crippen molar-refractivity contribution in [1.29, 1.82) is 0 Å². The third-order valence-corrected chi connectivity index (χ3v) is 3.09. The molecule has 1 N–H and O–H groups in total. The lowest BCUT2D eigenvalue weighted by molar-refractivity contribution is 0.0697. The second kappa shape index (κ2) is 5.20. The average molecular weight is 282 g/mol. The fourth-order valence-corrected chi connectivity index (χ4v) is 2.10. The van der Waals surface area contributed by atoms with Crippen LogP contribution in [0.15, 0.2) is 60.8 Å². The first-order chi connectivity index (χ1) is 10.2. The molecule has 21 heavy (non-hydrogen) atoms. The molecule has 0 radical (unpaired) electrons. The fraction of sp³-hybridized carbons (Fsp3) is 0. The van der Waals surface area contributed by atoms with Gasteiger partial charge in [0.15, 0.2) is 0 Å². The smallest absolute Gasteiger partial charge is 0.339 e. The van der Waals surface area contributed by atoms with Crippen molar-refractivity contribution in [1.82, 2.24) is 9.78 Å². The van der Waals surface area contributed by atoms with Gasteiger partial charge in [-0.1, -0.05) is 30.3 Å². The lowest BCUT2D eigenvalue weighted by Gasteiger charge is -2.01. The second-order valence-corrected chi connectivity index (χ2v) is 4.46. The van der Waals surface area contributed by atoms with Crippen molar-refractivity contribution in [3.8, 4) is 16.9 Å². The van der Waals surface area contributed by atoms with Crippen LogP contribution in [0.1, 0.15) is 10.4 Å². The topological polar surface area (TPSA) is 55.1 Å². The van der Waals surface area contributed by atoms with E-state index in [9.17, 15) is 14.3 Å². The van der Waals surface area contributed by atoms with Crippen molar-refractivity contribution in [2.24, 2.45) is 0 Å². The first-order valence-corrected chi connectivity index (χ1v) is 6.30. The summed E-state index contributed by atoms with van der Waals surface area (Å²) in [5.41, 5.74) is 0.959. The fourth-order valence-electron chi connectivity index (χ4n) is 2.10. The van der Waals surface area contributed by atoms with Crippen LogP contribution in [0, 0.1) is 5.82 Å². The molecule has 0 bridgehead atoms. The third-order valence-electron chi connectivity index (χ3n) is 3.09. The molecule has 0 aliphatic carbocycles. The molecule has 4 nitrogen and oxygen atoms in total. The predicted molar refractivity (Wildman–Crippen MR) is 75.9 cm³/mol. The molecule has 5 heteroatoms. The lowest BCUT2D eigenvalue weighted by atomic mass is 10.1. The number of halogens is 1. The van der Waals surface area contributed by atoms with E-state index in [0.717, 1.165) is 0 Å². The van der Waals surface area contributed by atoms with Crippen LogP contribution in [0.3, 0.4) is 0 Å². The van der Waals surface area contributed by atoms with E-state index in [1.807, 2.05) is 18.2 Å². The van der Waals surface area contributed by atoms with Gasteiger partial charge in [-0.2, -0.15) is 5.10 Å². The Morgan fingerprint density at radius 1 is 1.05 bits per heavy atom. The van der Waals surface area contributed by atoms with Gasteiger partial charge in [0.1, 0.15) is 17.1 Å². The van der Waals surface area contributed by atoms with Crippen molar-refractivity contribution < 1.29 is 14.3 Å². The number of nitrogens with zero attached hydrogens (tertiary/aromatic N) is 2. The Hall–Kier alpha value is -2.95. The van der Waals surface area contributed by atoms with Gasteiger partial charge in [0, 0.05) is 11.8 Å². The van der Waals surface area contributed by atoms with Gasteiger partial charge in [0.2, 0.25) is 0 Å². The van der Waals surface area contributed by atoms with Gasteiger partial charge < -0.3 is 5.11 Å². The number of rotatable bonds is 3. The Morgan fingerprint density at radius 3 is 2.38 bits per heavy atom. The molecule has 0 atom stereocenters. The highest BCUT2D eigenvalue weighted by atomic mass is 19.1. The molecule has 2 aromatic carbocycles. The molecule has 0 aliphatic rings. The highest BCUT2D eigenvalue weighted by Crippen LogP contribution is 2.26. The first-order valence-electron chi connectivity index (χ1n) is 6.30. The average Bonchev–Trinajstić information content (AvgIpc) is 2.94. The number of para-hydroxylation sites is 1. The molecule has 0 unspecified atom stereocenters. The number of carboxylic acid groups (broad SMARTS) is 1. The maximum absolute atomic E-state index is 13.9. The molecule has 3 rings (SSSR count). The summed E-state index contributed by atoms with van der Waals surface area (Å²) >= 11 is 0. The number of aromatic nitrogens is 2. The minimum atomic E-state index is -1.14. The molecule has 1 aromatic heterocycles. The number of benzene rings is 2. The van der Waals surface area contributed by atoms with E-state index >= 15 is 0 Å². The van der Waals surface area contributed by atoms with Crippen molar-refractivity contribution >= 4 is 5.97 Å². The van der Waals surface area contributed by atoms with Crippen molar-refractivity contribution in [3.63, 3.8) is 0 Å². The number of aromatic carboxylic acids is 1. The summed E-state index contributed by atoms with van der Waals surface area (Å²) in [4.78, 5) is 11.4. The van der Waals surface area contributed by atoms with E-state index in [4.69, 9.17) is 0 Å². The molecule has 0 amide bonds. The van der Waals surface area contributed by atoms with Gasteiger partial charge >= 0.3 is 5.97 Å². The SMILES string of the molecule is O=C(O)c1cn(-c2ccccc2)nc1-c1ccccc1F. The van der Waals surface area contributed by atoms with Crippen LogP contribution in [-0.4, -0.2) is 20.9 Å². The standard InChI is InChI=1S/C16H11FN2O2/c17-14-9-5-4-8-12(14)15-13(16(20)21)10-19(18-15)11-6-2-1-3-7-11/h1-10H,(H,20,21). The molecule has 0 saturated carbocycles. The summed E-state index contributed by atoms with van der Waals surface area (Å²) in [6, 6.07) is 15.1. The Balaban J connectivity index is 2.19. The highest BCUT2D eigenvalue weighted by molar-refractivity contribution is 5.94. The van der Waals surface area contributed by atoms with E-state index in [1.165, 1.54) is 23.0 Å². The molecule has 0 fully saturated rings. The largest absolute Gasteiger partial charge is 0.478 e. The second-order valence-electron chi connectivity index (χ2n) is 4.46. The van der Waals surface area contributed by atoms with Gasteiger partial charge in [0.25, 0.3) is 0 Å². The maximum atomic E-state index is 13.9. The number of carboxylic acids is 1. The minimum absolute atomic E-state index is 0.0380. The third kappa shape index (κ3) is 2.41. The molecular formula is C16H11FN2O2. The Morgan fingerprint density at radius 2 is 1.71 bits per heavy atom. The van der Waals surface area contributed by atoms with Crippen LogP contribution >= 0.6 is 0 Å². The number of carbonyl (C=O) groups is 1. The van der Waals surface area contributed by atoms with Crippen LogP contribution < -0.4 is 0 Å². The molecule has 3 aromatic rings. The van der Waals surface area contributed by atoms with E-state index in [-0.39, 0.29) is 16.8 Å². The summed E-state index contributed by atoms with van der Waals surface area (Å²) in [6.45, 7) is 0. The zero-order valence-electron chi connectivity index (χ0n) is 10.9.